The van der Waals surface area contributed by atoms with E-state index in [9.17, 15) is 0 Å². The normalized spacial score (nSPS) is 26.6. The SMILES string of the molecule is COCCOCCC1CC(c2ccccc2)CCC1Br. The summed E-state index contributed by atoms with van der Waals surface area (Å²) < 4.78 is 10.6. The van der Waals surface area contributed by atoms with Gasteiger partial charge in [-0.2, -0.15) is 0 Å². The van der Waals surface area contributed by atoms with Crippen LogP contribution in [0.2, 0.25) is 0 Å². The summed E-state index contributed by atoms with van der Waals surface area (Å²) in [6.07, 6.45) is 4.97. The molecule has 2 nitrogen and oxygen atoms in total. The van der Waals surface area contributed by atoms with Crippen LogP contribution in [-0.2, 0) is 9.47 Å². The van der Waals surface area contributed by atoms with Crippen molar-refractivity contribution in [3.05, 3.63) is 35.9 Å². The lowest BCUT2D eigenvalue weighted by atomic mass is 9.77. The van der Waals surface area contributed by atoms with Crippen LogP contribution in [0.25, 0.3) is 0 Å². The van der Waals surface area contributed by atoms with Gasteiger partial charge in [0, 0.05) is 18.5 Å². The molecule has 0 aliphatic heterocycles. The van der Waals surface area contributed by atoms with Crippen LogP contribution in [0.1, 0.15) is 37.2 Å². The Morgan fingerprint density at radius 3 is 2.65 bits per heavy atom. The number of methoxy groups -OCH3 is 1. The lowest BCUT2D eigenvalue weighted by Gasteiger charge is -2.33. The summed E-state index contributed by atoms with van der Waals surface area (Å²) in [5.41, 5.74) is 1.50. The molecule has 1 aliphatic rings. The van der Waals surface area contributed by atoms with Gasteiger partial charge in [-0.25, -0.2) is 0 Å². The number of alkyl halides is 1. The van der Waals surface area contributed by atoms with Crippen LogP contribution in [0.5, 0.6) is 0 Å². The highest BCUT2D eigenvalue weighted by molar-refractivity contribution is 9.09. The fourth-order valence-electron chi connectivity index (χ4n) is 3.03. The molecule has 1 saturated carbocycles. The summed E-state index contributed by atoms with van der Waals surface area (Å²) in [6.45, 7) is 2.24. The zero-order valence-corrected chi connectivity index (χ0v) is 13.8. The van der Waals surface area contributed by atoms with Gasteiger partial charge in [-0.15, -0.1) is 0 Å². The third kappa shape index (κ3) is 4.87. The molecule has 1 aliphatic carbocycles. The van der Waals surface area contributed by atoms with E-state index in [-0.39, 0.29) is 0 Å². The Hall–Kier alpha value is -0.380. The zero-order chi connectivity index (χ0) is 14.2. The topological polar surface area (TPSA) is 18.5 Å². The predicted octanol–water partition coefficient (Wildman–Crippen LogP) is 4.39. The van der Waals surface area contributed by atoms with Crippen LogP contribution >= 0.6 is 15.9 Å². The van der Waals surface area contributed by atoms with E-state index in [1.807, 2.05) is 0 Å². The molecule has 3 atom stereocenters. The Bertz CT molecular complexity index is 369. The summed E-state index contributed by atoms with van der Waals surface area (Å²) in [7, 11) is 1.71. The second-order valence-electron chi connectivity index (χ2n) is 5.59. The molecule has 0 heterocycles. The summed E-state index contributed by atoms with van der Waals surface area (Å²) in [6, 6.07) is 10.9. The van der Waals surface area contributed by atoms with E-state index in [1.165, 1.54) is 24.8 Å². The van der Waals surface area contributed by atoms with Crippen molar-refractivity contribution in [3.63, 3.8) is 0 Å². The first-order valence-electron chi connectivity index (χ1n) is 7.57. The van der Waals surface area contributed by atoms with Gasteiger partial charge < -0.3 is 9.47 Å². The van der Waals surface area contributed by atoms with E-state index in [1.54, 1.807) is 7.11 Å². The molecule has 0 spiro atoms. The van der Waals surface area contributed by atoms with Gasteiger partial charge in [0.1, 0.15) is 0 Å². The molecule has 0 radical (unpaired) electrons. The summed E-state index contributed by atoms with van der Waals surface area (Å²) in [5.74, 6) is 1.44. The number of halogens is 1. The molecule has 3 unspecified atom stereocenters. The standard InChI is InChI=1S/C17H25BrO2/c1-19-11-12-20-10-9-16-13-15(7-8-17(16)18)14-5-3-2-4-6-14/h2-6,15-17H,7-13H2,1H3. The molecule has 112 valence electrons. The van der Waals surface area contributed by atoms with Crippen LogP contribution in [0.15, 0.2) is 30.3 Å². The summed E-state index contributed by atoms with van der Waals surface area (Å²) in [4.78, 5) is 0.647. The average molecular weight is 341 g/mol. The van der Waals surface area contributed by atoms with E-state index in [2.05, 4.69) is 46.3 Å². The van der Waals surface area contributed by atoms with Crippen LogP contribution in [0.3, 0.4) is 0 Å². The lowest BCUT2D eigenvalue weighted by Crippen LogP contribution is -2.25. The van der Waals surface area contributed by atoms with Crippen molar-refractivity contribution in [2.75, 3.05) is 26.9 Å². The monoisotopic (exact) mass is 340 g/mol. The molecular formula is C17H25BrO2. The Labute approximate surface area is 131 Å². The molecule has 0 amide bonds. The molecule has 1 aromatic carbocycles. The fourth-order valence-corrected chi connectivity index (χ4v) is 3.78. The van der Waals surface area contributed by atoms with Gasteiger partial charge in [0.05, 0.1) is 13.2 Å². The molecule has 0 aromatic heterocycles. The summed E-state index contributed by atoms with van der Waals surface area (Å²) in [5, 5.41) is 0. The molecule has 3 heteroatoms. The van der Waals surface area contributed by atoms with Gasteiger partial charge in [0.2, 0.25) is 0 Å². The Kier molecular flexibility index (Phi) is 7.05. The van der Waals surface area contributed by atoms with Crippen molar-refractivity contribution in [2.24, 2.45) is 5.92 Å². The van der Waals surface area contributed by atoms with E-state index < -0.39 is 0 Å². The maximum absolute atomic E-state index is 5.62. The van der Waals surface area contributed by atoms with Crippen LogP contribution in [-0.4, -0.2) is 31.8 Å². The highest BCUT2D eigenvalue weighted by Gasteiger charge is 2.29. The zero-order valence-electron chi connectivity index (χ0n) is 12.3. The van der Waals surface area contributed by atoms with Crippen molar-refractivity contribution in [1.82, 2.24) is 0 Å². The van der Waals surface area contributed by atoms with E-state index in [0.717, 1.165) is 18.9 Å². The molecule has 2 rings (SSSR count). The quantitative estimate of drug-likeness (QED) is 0.541. The highest BCUT2D eigenvalue weighted by Crippen LogP contribution is 2.40. The minimum atomic E-state index is 0.647. The van der Waals surface area contributed by atoms with Crippen molar-refractivity contribution >= 4 is 15.9 Å². The van der Waals surface area contributed by atoms with Crippen LogP contribution in [0.4, 0.5) is 0 Å². The molecule has 1 fully saturated rings. The average Bonchev–Trinajstić information content (AvgIpc) is 2.49. The largest absolute Gasteiger partial charge is 0.382 e. The third-order valence-corrected chi connectivity index (χ3v) is 5.43. The van der Waals surface area contributed by atoms with Crippen LogP contribution in [0, 0.1) is 5.92 Å². The highest BCUT2D eigenvalue weighted by atomic mass is 79.9. The minimum absolute atomic E-state index is 0.647. The Morgan fingerprint density at radius 1 is 1.10 bits per heavy atom. The second-order valence-corrected chi connectivity index (χ2v) is 6.77. The fraction of sp³-hybridized carbons (Fsp3) is 0.647. The molecule has 0 bridgehead atoms. The van der Waals surface area contributed by atoms with Crippen molar-refractivity contribution in [2.45, 2.75) is 36.4 Å². The Morgan fingerprint density at radius 2 is 1.90 bits per heavy atom. The number of hydrogen-bond donors (Lipinski definition) is 0. The second kappa shape index (κ2) is 8.81. The molecule has 20 heavy (non-hydrogen) atoms. The first-order chi connectivity index (χ1) is 9.81. The van der Waals surface area contributed by atoms with Gasteiger partial charge in [0.15, 0.2) is 0 Å². The third-order valence-electron chi connectivity index (χ3n) is 4.23. The predicted molar refractivity (Wildman–Crippen MR) is 86.6 cm³/mol. The maximum Gasteiger partial charge on any atom is 0.0700 e. The molecule has 0 N–H and O–H groups in total. The molecule has 0 saturated heterocycles. The minimum Gasteiger partial charge on any atom is -0.382 e. The van der Waals surface area contributed by atoms with Crippen molar-refractivity contribution in [3.8, 4) is 0 Å². The summed E-state index contributed by atoms with van der Waals surface area (Å²) >= 11 is 3.86. The number of ether oxygens (including phenoxy) is 2. The lowest BCUT2D eigenvalue weighted by molar-refractivity contribution is 0.0612. The molecule has 1 aromatic rings. The van der Waals surface area contributed by atoms with Gasteiger partial charge >= 0.3 is 0 Å². The van der Waals surface area contributed by atoms with Crippen molar-refractivity contribution in [1.29, 1.82) is 0 Å². The van der Waals surface area contributed by atoms with Gasteiger partial charge in [-0.05, 0) is 43.1 Å². The Balaban J connectivity index is 1.79. The van der Waals surface area contributed by atoms with Gasteiger partial charge in [-0.1, -0.05) is 46.3 Å². The van der Waals surface area contributed by atoms with Crippen LogP contribution < -0.4 is 0 Å². The van der Waals surface area contributed by atoms with Crippen molar-refractivity contribution < 1.29 is 9.47 Å². The van der Waals surface area contributed by atoms with Gasteiger partial charge in [0.25, 0.3) is 0 Å². The number of hydrogen-bond acceptors (Lipinski definition) is 2. The first kappa shape index (κ1) is 16.0. The number of rotatable bonds is 7. The van der Waals surface area contributed by atoms with E-state index >= 15 is 0 Å². The van der Waals surface area contributed by atoms with E-state index in [0.29, 0.717) is 24.0 Å². The molecular weight excluding hydrogens is 316 g/mol. The first-order valence-corrected chi connectivity index (χ1v) is 8.48. The van der Waals surface area contributed by atoms with Gasteiger partial charge in [-0.3, -0.25) is 0 Å². The maximum atomic E-state index is 5.62. The smallest absolute Gasteiger partial charge is 0.0700 e. The number of benzene rings is 1. The van der Waals surface area contributed by atoms with E-state index in [4.69, 9.17) is 9.47 Å².